The predicted molar refractivity (Wildman–Crippen MR) is 103 cm³/mol. The zero-order valence-electron chi connectivity index (χ0n) is 13.7. The molecule has 0 fully saturated rings. The number of hydrogen-bond donors (Lipinski definition) is 1. The summed E-state index contributed by atoms with van der Waals surface area (Å²) in [5.41, 5.74) is 2.46. The fourth-order valence-corrected chi connectivity index (χ4v) is 4.28. The number of hydrogen-bond acceptors (Lipinski definition) is 3. The highest BCUT2D eigenvalue weighted by atomic mass is 127. The number of halogens is 2. The first-order valence-corrected chi connectivity index (χ1v) is 10.1. The summed E-state index contributed by atoms with van der Waals surface area (Å²) in [4.78, 5) is 12.6. The lowest BCUT2D eigenvalue weighted by molar-refractivity contribution is 0.0946. The van der Waals surface area contributed by atoms with Crippen molar-refractivity contribution in [1.29, 1.82) is 0 Å². The number of carbonyl (C=O) groups excluding carboxylic acids is 1. The number of amides is 1. The van der Waals surface area contributed by atoms with Crippen LogP contribution in [0, 0.1) is 6.92 Å². The van der Waals surface area contributed by atoms with Gasteiger partial charge in [0, 0.05) is 27.5 Å². The maximum Gasteiger partial charge on any atom is 0.255 e. The lowest BCUT2D eigenvalue weighted by atomic mass is 10.1. The minimum atomic E-state index is -0.631. The molecule has 1 atom stereocenters. The lowest BCUT2D eigenvalue weighted by Gasteiger charge is -2.17. The molecule has 4 nitrogen and oxygen atoms in total. The summed E-state index contributed by atoms with van der Waals surface area (Å²) < 4.78 is 23.0. The molecule has 1 heterocycles. The Kier molecular flexibility index (Phi) is 5.91. The van der Waals surface area contributed by atoms with Crippen molar-refractivity contribution in [3.8, 4) is 5.75 Å². The molecule has 0 aliphatic carbocycles. The van der Waals surface area contributed by atoms with Gasteiger partial charge in [-0.3, -0.25) is 4.79 Å². The summed E-state index contributed by atoms with van der Waals surface area (Å²) in [7, 11) is 0. The van der Waals surface area contributed by atoms with Gasteiger partial charge in [0.2, 0.25) is 0 Å². The minimum absolute atomic E-state index is 0.217. The standard InChI is InChI=1S/C19H18FIN2O2/c1-13-7-8-17(25-12-14-5-3-2-4-6-14)16(9-13)19(24)23-18-10-15(20)11-22-21-18/h2-9,11,18H,10,12H2,1H3,(H,23,24)/t18-/m0/s1. The van der Waals surface area contributed by atoms with Gasteiger partial charge in [0.25, 0.3) is 5.91 Å². The number of aryl methyl sites for hydroxylation is 1. The lowest BCUT2D eigenvalue weighted by Crippen LogP contribution is -2.31. The summed E-state index contributed by atoms with van der Waals surface area (Å²) in [6.45, 7) is 2.30. The summed E-state index contributed by atoms with van der Waals surface area (Å²) in [5, 5.41) is 2.89. The summed E-state index contributed by atoms with van der Waals surface area (Å²) in [6, 6.07) is 15.3. The first kappa shape index (κ1) is 17.7. The van der Waals surface area contributed by atoms with Crippen molar-refractivity contribution >= 4 is 26.9 Å². The molecule has 0 unspecified atom stereocenters. The largest absolute Gasteiger partial charge is 0.488 e. The Labute approximate surface area is 156 Å². The average molecular weight is 452 g/mol. The number of benzene rings is 2. The van der Waals surface area contributed by atoms with Gasteiger partial charge in [-0.05, 0) is 24.6 Å². The van der Waals surface area contributed by atoms with Crippen molar-refractivity contribution in [2.45, 2.75) is 24.0 Å². The van der Waals surface area contributed by atoms with Gasteiger partial charge < -0.3 is 10.1 Å². The molecule has 2 aromatic rings. The van der Waals surface area contributed by atoms with E-state index in [1.54, 1.807) is 12.1 Å². The Morgan fingerprint density at radius 2 is 2.12 bits per heavy atom. The van der Waals surface area contributed by atoms with Gasteiger partial charge in [-0.15, -0.1) is 0 Å². The summed E-state index contributed by atoms with van der Waals surface area (Å²) >= 11 is -0.631. The molecule has 25 heavy (non-hydrogen) atoms. The van der Waals surface area contributed by atoms with Gasteiger partial charge in [0.05, 0.1) is 15.8 Å². The summed E-state index contributed by atoms with van der Waals surface area (Å²) in [5.74, 6) is -0.0173. The van der Waals surface area contributed by atoms with Crippen molar-refractivity contribution < 1.29 is 13.9 Å². The van der Waals surface area contributed by atoms with Crippen molar-refractivity contribution in [1.82, 2.24) is 5.32 Å². The monoisotopic (exact) mass is 452 g/mol. The van der Waals surface area contributed by atoms with Crippen LogP contribution in [0.2, 0.25) is 0 Å². The molecule has 1 amide bonds. The fraction of sp³-hybridized carbons (Fsp3) is 0.211. The normalized spacial score (nSPS) is 16.6. The van der Waals surface area contributed by atoms with Gasteiger partial charge in [-0.2, -0.15) is 0 Å². The molecule has 1 N–H and O–H groups in total. The van der Waals surface area contributed by atoms with E-state index in [0.717, 1.165) is 11.1 Å². The quantitative estimate of drug-likeness (QED) is 0.395. The van der Waals surface area contributed by atoms with Crippen molar-refractivity contribution in [2.75, 3.05) is 0 Å². The third kappa shape index (κ3) is 4.94. The zero-order chi connectivity index (χ0) is 17.6. The fourth-order valence-electron chi connectivity index (χ4n) is 2.39. The topological polar surface area (TPSA) is 50.7 Å². The highest BCUT2D eigenvalue weighted by Crippen LogP contribution is 2.26. The molecule has 2 aromatic carbocycles. The van der Waals surface area contributed by atoms with Gasteiger partial charge in [-0.25, -0.2) is 7.54 Å². The predicted octanol–water partition coefficient (Wildman–Crippen LogP) is 5.00. The molecular formula is C19H18FIN2O2. The molecule has 0 spiro atoms. The molecule has 1 aliphatic rings. The van der Waals surface area contributed by atoms with E-state index in [-0.39, 0.29) is 22.2 Å². The maximum absolute atomic E-state index is 13.3. The number of nitrogens with one attached hydrogen (secondary N) is 1. The Bertz CT molecular complexity index is 821. The van der Waals surface area contributed by atoms with Crippen LogP contribution >= 0.6 is 21.0 Å². The molecule has 0 saturated carbocycles. The van der Waals surface area contributed by atoms with Crippen molar-refractivity contribution in [2.24, 2.45) is 3.15 Å². The Morgan fingerprint density at radius 3 is 2.88 bits per heavy atom. The van der Waals surface area contributed by atoms with Crippen LogP contribution < -0.4 is 10.1 Å². The first-order chi connectivity index (χ1) is 12.1. The van der Waals surface area contributed by atoms with Gasteiger partial charge >= 0.3 is 0 Å². The van der Waals surface area contributed by atoms with Crippen LogP contribution in [0.1, 0.15) is 27.9 Å². The third-order valence-electron chi connectivity index (χ3n) is 3.64. The van der Waals surface area contributed by atoms with Crippen molar-refractivity contribution in [3.63, 3.8) is 0 Å². The smallest absolute Gasteiger partial charge is 0.255 e. The Morgan fingerprint density at radius 1 is 1.32 bits per heavy atom. The molecule has 1 aliphatic heterocycles. The molecule has 0 aromatic heterocycles. The van der Waals surface area contributed by atoms with Gasteiger partial charge in [-0.1, -0.05) is 42.0 Å². The van der Waals surface area contributed by atoms with E-state index in [1.807, 2.05) is 43.3 Å². The average Bonchev–Trinajstić information content (AvgIpc) is 2.61. The second-order valence-corrected chi connectivity index (χ2v) is 8.31. The van der Waals surface area contributed by atoms with E-state index < -0.39 is 21.0 Å². The van der Waals surface area contributed by atoms with Gasteiger partial charge in [0.15, 0.2) is 0 Å². The molecule has 130 valence electrons. The zero-order valence-corrected chi connectivity index (χ0v) is 15.9. The Balaban J connectivity index is 1.73. The SMILES string of the molecule is Cc1ccc(OCc2ccccc2)c(C(=O)N[C@H]2CC(F)=CN=I2)c1. The second kappa shape index (κ2) is 8.33. The molecule has 6 heteroatoms. The number of ether oxygens (including phenoxy) is 1. The van der Waals surface area contributed by atoms with Crippen LogP contribution in [0.15, 0.2) is 63.7 Å². The van der Waals surface area contributed by atoms with Crippen LogP contribution in [0.3, 0.4) is 0 Å². The van der Waals surface area contributed by atoms with Crippen LogP contribution in [0.4, 0.5) is 4.39 Å². The molecule has 3 rings (SSSR count). The summed E-state index contributed by atoms with van der Waals surface area (Å²) in [6.07, 6.45) is 1.48. The highest BCUT2D eigenvalue weighted by Gasteiger charge is 2.19. The van der Waals surface area contributed by atoms with Crippen LogP contribution in [0.5, 0.6) is 5.75 Å². The molecule has 0 bridgehead atoms. The first-order valence-electron chi connectivity index (χ1n) is 7.87. The maximum atomic E-state index is 13.3. The number of rotatable bonds is 5. The van der Waals surface area contributed by atoms with E-state index in [1.165, 1.54) is 6.20 Å². The number of carbonyl (C=O) groups is 1. The molecular weight excluding hydrogens is 434 g/mol. The Hall–Kier alpha value is -2.09. The third-order valence-corrected chi connectivity index (χ3v) is 5.67. The highest BCUT2D eigenvalue weighted by molar-refractivity contribution is 14.2. The van der Waals surface area contributed by atoms with E-state index in [0.29, 0.717) is 17.9 Å². The molecule has 0 saturated heterocycles. The van der Waals surface area contributed by atoms with Crippen molar-refractivity contribution in [3.05, 3.63) is 77.2 Å². The van der Waals surface area contributed by atoms with E-state index in [2.05, 4.69) is 8.46 Å². The van der Waals surface area contributed by atoms with Crippen LogP contribution in [-0.4, -0.2) is 9.96 Å². The van der Waals surface area contributed by atoms with Gasteiger partial charge in [0.1, 0.15) is 18.2 Å². The molecule has 0 radical (unpaired) electrons. The van der Waals surface area contributed by atoms with Crippen LogP contribution in [-0.2, 0) is 6.61 Å². The van der Waals surface area contributed by atoms with E-state index in [9.17, 15) is 9.18 Å². The second-order valence-electron chi connectivity index (χ2n) is 5.69. The van der Waals surface area contributed by atoms with E-state index >= 15 is 0 Å². The minimum Gasteiger partial charge on any atom is -0.488 e. The van der Waals surface area contributed by atoms with Crippen LogP contribution in [0.25, 0.3) is 0 Å². The van der Waals surface area contributed by atoms with E-state index in [4.69, 9.17) is 4.74 Å². The number of alkyl halides is 1. The number of nitrogens with zero attached hydrogens (tertiary/aromatic N) is 1.